The van der Waals surface area contributed by atoms with Crippen LogP contribution in [0.1, 0.15) is 16.8 Å². The number of pyridine rings is 1. The highest BCUT2D eigenvalue weighted by molar-refractivity contribution is 14.0. The lowest BCUT2D eigenvalue weighted by Crippen LogP contribution is -2.54. The lowest BCUT2D eigenvalue weighted by molar-refractivity contribution is -0.135. The van der Waals surface area contributed by atoms with Gasteiger partial charge in [0.05, 0.1) is 6.54 Å². The predicted octanol–water partition coefficient (Wildman–Crippen LogP) is 3.08. The number of piperazine rings is 1. The molecule has 150 valence electrons. The number of guanidine groups is 1. The normalized spacial score (nSPS) is 14.7. The van der Waals surface area contributed by atoms with Crippen molar-refractivity contribution in [2.45, 2.75) is 20.0 Å². The highest BCUT2D eigenvalue weighted by Gasteiger charge is 2.25. The summed E-state index contributed by atoms with van der Waals surface area (Å²) in [5.74, 6) is 0.825. The summed E-state index contributed by atoms with van der Waals surface area (Å²) in [5.41, 5.74) is 3.15. The van der Waals surface area contributed by atoms with Gasteiger partial charge in [0, 0.05) is 50.1 Å². The molecule has 0 unspecified atom stereocenters. The molecule has 0 atom stereocenters. The van der Waals surface area contributed by atoms with Crippen LogP contribution in [0, 0.1) is 6.92 Å². The molecule has 1 aliphatic rings. The summed E-state index contributed by atoms with van der Waals surface area (Å²) in [4.78, 5) is 25.1. The van der Waals surface area contributed by atoms with E-state index in [2.05, 4.69) is 15.3 Å². The van der Waals surface area contributed by atoms with Crippen LogP contribution in [0.5, 0.6) is 0 Å². The van der Waals surface area contributed by atoms with Gasteiger partial charge in [0.1, 0.15) is 0 Å². The first-order valence-corrected chi connectivity index (χ1v) is 9.32. The van der Waals surface area contributed by atoms with Gasteiger partial charge in [-0.25, -0.2) is 0 Å². The van der Waals surface area contributed by atoms with E-state index in [1.807, 2.05) is 59.3 Å². The molecular weight excluding hydrogens is 489 g/mol. The Kier molecular flexibility index (Phi) is 8.50. The quantitative estimate of drug-likeness (QED) is 0.388. The van der Waals surface area contributed by atoms with Gasteiger partial charge in [-0.1, -0.05) is 29.8 Å². The number of nitrogens with one attached hydrogen (secondary N) is 1. The van der Waals surface area contributed by atoms with Gasteiger partial charge in [-0.3, -0.25) is 14.8 Å². The number of hydrogen-bond acceptors (Lipinski definition) is 3. The third-order valence-corrected chi connectivity index (χ3v) is 4.79. The van der Waals surface area contributed by atoms with Gasteiger partial charge in [0.2, 0.25) is 5.91 Å². The zero-order valence-electron chi connectivity index (χ0n) is 16.1. The van der Waals surface area contributed by atoms with Crippen molar-refractivity contribution in [2.75, 3.05) is 26.7 Å². The first-order valence-electron chi connectivity index (χ1n) is 8.94. The van der Waals surface area contributed by atoms with E-state index < -0.39 is 0 Å². The maximum Gasteiger partial charge on any atom is 0.242 e. The molecule has 0 saturated carbocycles. The van der Waals surface area contributed by atoms with Crippen molar-refractivity contribution in [1.82, 2.24) is 20.1 Å². The topological polar surface area (TPSA) is 60.8 Å². The van der Waals surface area contributed by atoms with Crippen LogP contribution in [0.2, 0.25) is 5.02 Å². The number of aliphatic imine (C=N–C) groups is 1. The van der Waals surface area contributed by atoms with Crippen LogP contribution >= 0.6 is 35.6 Å². The first-order chi connectivity index (χ1) is 13.0. The number of aromatic nitrogens is 1. The molecule has 0 radical (unpaired) electrons. The van der Waals surface area contributed by atoms with Crippen molar-refractivity contribution in [2.24, 2.45) is 4.99 Å². The van der Waals surface area contributed by atoms with E-state index in [1.165, 1.54) is 0 Å². The number of aryl methyl sites for hydroxylation is 1. The maximum absolute atomic E-state index is 12.6. The molecule has 1 saturated heterocycles. The number of hydrogen-bond donors (Lipinski definition) is 1. The molecule has 1 aromatic carbocycles. The second-order valence-electron chi connectivity index (χ2n) is 6.57. The van der Waals surface area contributed by atoms with E-state index in [4.69, 9.17) is 11.6 Å². The average molecular weight is 514 g/mol. The molecule has 8 heteroatoms. The van der Waals surface area contributed by atoms with Crippen molar-refractivity contribution in [3.8, 4) is 0 Å². The molecule has 6 nitrogen and oxygen atoms in total. The number of benzene rings is 1. The Labute approximate surface area is 188 Å². The first kappa shape index (κ1) is 22.4. The molecule has 0 spiro atoms. The van der Waals surface area contributed by atoms with Gasteiger partial charge in [0.15, 0.2) is 5.96 Å². The van der Waals surface area contributed by atoms with Gasteiger partial charge in [-0.05, 0) is 36.2 Å². The molecule has 3 rings (SSSR count). The van der Waals surface area contributed by atoms with E-state index >= 15 is 0 Å². The minimum Gasteiger partial charge on any atom is -0.352 e. The summed E-state index contributed by atoms with van der Waals surface area (Å²) in [6, 6.07) is 11.6. The fraction of sp³-hybridized carbons (Fsp3) is 0.350. The van der Waals surface area contributed by atoms with Crippen LogP contribution in [0.15, 0.2) is 47.6 Å². The molecule has 0 aliphatic carbocycles. The zero-order valence-corrected chi connectivity index (χ0v) is 19.1. The van der Waals surface area contributed by atoms with Gasteiger partial charge in [0.25, 0.3) is 0 Å². The van der Waals surface area contributed by atoms with Crippen molar-refractivity contribution >= 4 is 47.4 Å². The summed E-state index contributed by atoms with van der Waals surface area (Å²) >= 11 is 5.92. The number of carbonyl (C=O) groups is 1. The van der Waals surface area contributed by atoms with Crippen LogP contribution in [0.3, 0.4) is 0 Å². The number of amides is 1. The minimum atomic E-state index is 0. The smallest absolute Gasteiger partial charge is 0.242 e. The molecule has 2 heterocycles. The third-order valence-electron chi connectivity index (χ3n) is 4.54. The summed E-state index contributed by atoms with van der Waals surface area (Å²) in [7, 11) is 1.74. The average Bonchev–Trinajstić information content (AvgIpc) is 2.67. The molecule has 28 heavy (non-hydrogen) atoms. The molecule has 1 fully saturated rings. The van der Waals surface area contributed by atoms with Crippen molar-refractivity contribution in [3.63, 3.8) is 0 Å². The summed E-state index contributed by atoms with van der Waals surface area (Å²) < 4.78 is 0. The number of carbonyl (C=O) groups excluding carboxylic acids is 1. The lowest BCUT2D eigenvalue weighted by Gasteiger charge is -2.36. The van der Waals surface area contributed by atoms with Gasteiger partial charge < -0.3 is 15.1 Å². The van der Waals surface area contributed by atoms with Crippen molar-refractivity contribution < 1.29 is 4.79 Å². The molecule has 1 aromatic heterocycles. The molecule has 0 bridgehead atoms. The molecule has 2 aromatic rings. The second-order valence-corrected chi connectivity index (χ2v) is 7.01. The van der Waals surface area contributed by atoms with Gasteiger partial charge in [-0.2, -0.15) is 0 Å². The Morgan fingerprint density at radius 3 is 2.50 bits per heavy atom. The highest BCUT2D eigenvalue weighted by atomic mass is 127. The second kappa shape index (κ2) is 10.6. The third kappa shape index (κ3) is 6.07. The standard InChI is InChI=1S/C20H24ClN5O.HI/c1-15-3-4-17(11-23-15)12-24-20(22-2)26-10-9-25(19(27)14-26)13-16-5-7-18(21)8-6-16;/h3-8,11H,9-10,12-14H2,1-2H3,(H,22,24);1H. The summed E-state index contributed by atoms with van der Waals surface area (Å²) in [6.45, 7) is 4.91. The van der Waals surface area contributed by atoms with Gasteiger partial charge in [-0.15, -0.1) is 24.0 Å². The molecule has 1 amide bonds. The largest absolute Gasteiger partial charge is 0.352 e. The molecule has 1 aliphatic heterocycles. The van der Waals surface area contributed by atoms with Gasteiger partial charge >= 0.3 is 0 Å². The fourth-order valence-corrected chi connectivity index (χ4v) is 3.11. The SMILES string of the molecule is CN=C(NCc1ccc(C)nc1)N1CCN(Cc2ccc(Cl)cc2)C(=O)C1.I. The van der Waals surface area contributed by atoms with E-state index in [0.29, 0.717) is 31.2 Å². The Hall–Kier alpha value is -1.87. The van der Waals surface area contributed by atoms with Crippen LogP contribution in [-0.2, 0) is 17.9 Å². The number of nitrogens with zero attached hydrogens (tertiary/aromatic N) is 4. The summed E-state index contributed by atoms with van der Waals surface area (Å²) in [5, 5.41) is 4.02. The van der Waals surface area contributed by atoms with E-state index in [0.717, 1.165) is 29.3 Å². The zero-order chi connectivity index (χ0) is 19.2. The fourth-order valence-electron chi connectivity index (χ4n) is 2.98. The Balaban J connectivity index is 0.00000280. The Morgan fingerprint density at radius 1 is 1.18 bits per heavy atom. The number of rotatable bonds is 4. The van der Waals surface area contributed by atoms with E-state index in [9.17, 15) is 4.79 Å². The maximum atomic E-state index is 12.6. The van der Waals surface area contributed by atoms with E-state index in [-0.39, 0.29) is 29.9 Å². The monoisotopic (exact) mass is 513 g/mol. The Morgan fingerprint density at radius 2 is 1.89 bits per heavy atom. The van der Waals surface area contributed by atoms with Crippen LogP contribution in [0.4, 0.5) is 0 Å². The van der Waals surface area contributed by atoms with Crippen molar-refractivity contribution in [1.29, 1.82) is 0 Å². The molecule has 1 N–H and O–H groups in total. The highest BCUT2D eigenvalue weighted by Crippen LogP contribution is 2.13. The van der Waals surface area contributed by atoms with Crippen molar-refractivity contribution in [3.05, 3.63) is 64.4 Å². The minimum absolute atomic E-state index is 0. The predicted molar refractivity (Wildman–Crippen MR) is 123 cm³/mol. The molecular formula is C20H25ClIN5O. The van der Waals surface area contributed by atoms with E-state index in [1.54, 1.807) is 7.05 Å². The Bertz CT molecular complexity index is 810. The van der Waals surface area contributed by atoms with Crippen LogP contribution in [0.25, 0.3) is 0 Å². The van der Waals surface area contributed by atoms with Crippen LogP contribution in [-0.4, -0.2) is 53.3 Å². The summed E-state index contributed by atoms with van der Waals surface area (Å²) in [6.07, 6.45) is 1.85. The van der Waals surface area contributed by atoms with Crippen LogP contribution < -0.4 is 5.32 Å². The lowest BCUT2D eigenvalue weighted by atomic mass is 10.2. The number of halogens is 2.